The number of aromatic amines is 1. The minimum Gasteiger partial charge on any atom is -0.385 e. The van der Waals surface area contributed by atoms with Crippen molar-refractivity contribution in [1.82, 2.24) is 10.3 Å². The van der Waals surface area contributed by atoms with Crippen LogP contribution in [0.4, 0.5) is 0 Å². The molecule has 0 saturated heterocycles. The Labute approximate surface area is 154 Å². The van der Waals surface area contributed by atoms with Crippen LogP contribution in [0.1, 0.15) is 29.9 Å². The van der Waals surface area contributed by atoms with Gasteiger partial charge in [0.05, 0.1) is 0 Å². The number of hydrogen-bond acceptors (Lipinski definition) is 2. The first-order valence-electron chi connectivity index (χ1n) is 9.13. The second-order valence-electron chi connectivity index (χ2n) is 6.58. The predicted molar refractivity (Wildman–Crippen MR) is 105 cm³/mol. The average molecular weight is 350 g/mol. The van der Waals surface area contributed by atoms with E-state index in [-0.39, 0.29) is 11.8 Å². The maximum atomic E-state index is 12.5. The molecule has 1 amide bonds. The van der Waals surface area contributed by atoms with E-state index in [0.717, 1.165) is 18.4 Å². The number of para-hydroxylation sites is 1. The van der Waals surface area contributed by atoms with E-state index in [1.807, 2.05) is 30.3 Å². The zero-order chi connectivity index (χ0) is 18.2. The second-order valence-corrected chi connectivity index (χ2v) is 6.58. The Balaban J connectivity index is 1.77. The van der Waals surface area contributed by atoms with Crippen LogP contribution in [0, 0.1) is 0 Å². The van der Waals surface area contributed by atoms with E-state index in [9.17, 15) is 4.79 Å². The van der Waals surface area contributed by atoms with E-state index < -0.39 is 0 Å². The quantitative estimate of drug-likeness (QED) is 0.572. The average Bonchev–Trinajstić information content (AvgIpc) is 3.10. The summed E-state index contributed by atoms with van der Waals surface area (Å²) in [5.41, 5.74) is 3.56. The highest BCUT2D eigenvalue weighted by Gasteiger charge is 2.20. The molecule has 3 aromatic rings. The lowest BCUT2D eigenvalue weighted by Crippen LogP contribution is -2.27. The molecule has 0 bridgehead atoms. The van der Waals surface area contributed by atoms with Crippen molar-refractivity contribution in [1.29, 1.82) is 0 Å². The van der Waals surface area contributed by atoms with Crippen molar-refractivity contribution in [2.24, 2.45) is 0 Å². The van der Waals surface area contributed by atoms with Gasteiger partial charge in [-0.15, -0.1) is 0 Å². The van der Waals surface area contributed by atoms with Gasteiger partial charge in [0, 0.05) is 43.8 Å². The summed E-state index contributed by atoms with van der Waals surface area (Å²) >= 11 is 0. The number of carbonyl (C=O) groups is 1. The number of rotatable bonds is 9. The van der Waals surface area contributed by atoms with Gasteiger partial charge in [0.2, 0.25) is 5.91 Å². The number of nitrogens with one attached hydrogen (secondary N) is 2. The first-order valence-corrected chi connectivity index (χ1v) is 9.13. The molecule has 136 valence electrons. The SMILES string of the molecule is COCCCNC(=O)CC(Cc1ccccc1)c1c[nH]c2ccccc12. The first kappa shape index (κ1) is 18.2. The molecular weight excluding hydrogens is 324 g/mol. The molecule has 2 N–H and O–H groups in total. The fourth-order valence-corrected chi connectivity index (χ4v) is 3.36. The lowest BCUT2D eigenvalue weighted by molar-refractivity contribution is -0.121. The van der Waals surface area contributed by atoms with Crippen molar-refractivity contribution in [3.05, 3.63) is 71.9 Å². The summed E-state index contributed by atoms with van der Waals surface area (Å²) in [5.74, 6) is 0.225. The molecule has 0 aliphatic rings. The number of hydrogen-bond donors (Lipinski definition) is 2. The highest BCUT2D eigenvalue weighted by molar-refractivity contribution is 5.85. The Kier molecular flexibility index (Phi) is 6.45. The maximum absolute atomic E-state index is 12.5. The van der Waals surface area contributed by atoms with Crippen LogP contribution < -0.4 is 5.32 Å². The summed E-state index contributed by atoms with van der Waals surface area (Å²) in [6.45, 7) is 1.31. The molecule has 1 atom stereocenters. The van der Waals surface area contributed by atoms with Gasteiger partial charge in [-0.1, -0.05) is 48.5 Å². The molecule has 4 heteroatoms. The van der Waals surface area contributed by atoms with Gasteiger partial charge in [0.15, 0.2) is 0 Å². The molecule has 1 unspecified atom stereocenters. The van der Waals surface area contributed by atoms with Crippen LogP contribution in [-0.4, -0.2) is 31.2 Å². The van der Waals surface area contributed by atoms with E-state index in [1.165, 1.54) is 16.5 Å². The molecule has 0 fully saturated rings. The summed E-state index contributed by atoms with van der Waals surface area (Å²) in [6.07, 6.45) is 4.20. The molecule has 4 nitrogen and oxygen atoms in total. The highest BCUT2D eigenvalue weighted by atomic mass is 16.5. The molecule has 3 rings (SSSR count). The number of carbonyl (C=O) groups excluding carboxylic acids is 1. The van der Waals surface area contributed by atoms with E-state index in [1.54, 1.807) is 7.11 Å². The van der Waals surface area contributed by atoms with Crippen LogP contribution in [0.15, 0.2) is 60.8 Å². The molecule has 0 aliphatic carbocycles. The molecular formula is C22H26N2O2. The minimum atomic E-state index is 0.0901. The smallest absolute Gasteiger partial charge is 0.220 e. The number of benzene rings is 2. The van der Waals surface area contributed by atoms with Gasteiger partial charge in [-0.25, -0.2) is 0 Å². The van der Waals surface area contributed by atoms with Crippen LogP contribution in [-0.2, 0) is 16.0 Å². The Morgan fingerprint density at radius 3 is 2.69 bits per heavy atom. The third-order valence-electron chi connectivity index (χ3n) is 4.67. The Morgan fingerprint density at radius 2 is 1.88 bits per heavy atom. The van der Waals surface area contributed by atoms with Gasteiger partial charge in [-0.3, -0.25) is 4.79 Å². The molecule has 2 aromatic carbocycles. The van der Waals surface area contributed by atoms with Crippen LogP contribution in [0.2, 0.25) is 0 Å². The van der Waals surface area contributed by atoms with Crippen molar-refractivity contribution in [2.45, 2.75) is 25.2 Å². The van der Waals surface area contributed by atoms with Crippen molar-refractivity contribution in [3.63, 3.8) is 0 Å². The van der Waals surface area contributed by atoms with Crippen LogP contribution in [0.25, 0.3) is 10.9 Å². The van der Waals surface area contributed by atoms with Crippen molar-refractivity contribution in [3.8, 4) is 0 Å². The van der Waals surface area contributed by atoms with Crippen LogP contribution in [0.3, 0.4) is 0 Å². The van der Waals surface area contributed by atoms with E-state index in [4.69, 9.17) is 4.74 Å². The molecule has 0 saturated carbocycles. The lowest BCUT2D eigenvalue weighted by atomic mass is 9.88. The van der Waals surface area contributed by atoms with Gasteiger partial charge >= 0.3 is 0 Å². The summed E-state index contributed by atoms with van der Waals surface area (Å²) in [6, 6.07) is 18.6. The molecule has 0 spiro atoms. The zero-order valence-electron chi connectivity index (χ0n) is 15.2. The minimum absolute atomic E-state index is 0.0901. The van der Waals surface area contributed by atoms with Gasteiger partial charge in [0.1, 0.15) is 0 Å². The van der Waals surface area contributed by atoms with Crippen LogP contribution in [0.5, 0.6) is 0 Å². The van der Waals surface area contributed by atoms with Gasteiger partial charge < -0.3 is 15.0 Å². The fourth-order valence-electron chi connectivity index (χ4n) is 3.36. The van der Waals surface area contributed by atoms with E-state index in [2.05, 4.69) is 40.8 Å². The summed E-state index contributed by atoms with van der Waals surface area (Å²) in [7, 11) is 1.68. The summed E-state index contributed by atoms with van der Waals surface area (Å²) in [4.78, 5) is 15.8. The molecule has 26 heavy (non-hydrogen) atoms. The summed E-state index contributed by atoms with van der Waals surface area (Å²) in [5, 5.41) is 4.21. The Bertz CT molecular complexity index is 826. The van der Waals surface area contributed by atoms with Gasteiger partial charge in [0.25, 0.3) is 0 Å². The van der Waals surface area contributed by atoms with E-state index >= 15 is 0 Å². The normalized spacial score (nSPS) is 12.2. The van der Waals surface area contributed by atoms with Gasteiger partial charge in [-0.2, -0.15) is 0 Å². The van der Waals surface area contributed by atoms with Crippen molar-refractivity contribution in [2.75, 3.05) is 20.3 Å². The number of fused-ring (bicyclic) bond motifs is 1. The van der Waals surface area contributed by atoms with E-state index in [0.29, 0.717) is 19.6 Å². The number of aromatic nitrogens is 1. The standard InChI is InChI=1S/C22H26N2O2/c1-26-13-7-12-23-22(25)15-18(14-17-8-3-2-4-9-17)20-16-24-21-11-6-5-10-19(20)21/h2-6,8-11,16,18,24H,7,12-15H2,1H3,(H,23,25). The fraction of sp³-hybridized carbons (Fsp3) is 0.318. The predicted octanol–water partition coefficient (Wildman–Crippen LogP) is 4.04. The number of H-pyrrole nitrogens is 1. The largest absolute Gasteiger partial charge is 0.385 e. The highest BCUT2D eigenvalue weighted by Crippen LogP contribution is 2.30. The second kappa shape index (κ2) is 9.20. The molecule has 0 aliphatic heterocycles. The molecule has 1 aromatic heterocycles. The zero-order valence-corrected chi connectivity index (χ0v) is 15.2. The van der Waals surface area contributed by atoms with Crippen LogP contribution >= 0.6 is 0 Å². The van der Waals surface area contributed by atoms with Crippen molar-refractivity contribution >= 4 is 16.8 Å². The topological polar surface area (TPSA) is 54.1 Å². The maximum Gasteiger partial charge on any atom is 0.220 e. The first-order chi connectivity index (χ1) is 12.8. The molecule has 0 radical (unpaired) electrons. The Hall–Kier alpha value is -2.59. The Morgan fingerprint density at radius 1 is 1.12 bits per heavy atom. The molecule has 1 heterocycles. The summed E-state index contributed by atoms with van der Waals surface area (Å²) < 4.78 is 5.04. The lowest BCUT2D eigenvalue weighted by Gasteiger charge is -2.17. The third kappa shape index (κ3) is 4.73. The monoisotopic (exact) mass is 350 g/mol. The number of methoxy groups -OCH3 is 1. The number of amides is 1. The third-order valence-corrected chi connectivity index (χ3v) is 4.67. The van der Waals surface area contributed by atoms with Crippen molar-refractivity contribution < 1.29 is 9.53 Å². The number of ether oxygens (including phenoxy) is 1. The van der Waals surface area contributed by atoms with Gasteiger partial charge in [-0.05, 0) is 36.0 Å².